The Balaban J connectivity index is 2.07. The van der Waals surface area contributed by atoms with Gasteiger partial charge >= 0.3 is 0 Å². The van der Waals surface area contributed by atoms with Gasteiger partial charge in [0.25, 0.3) is 0 Å². The number of hydrogen-bond donors (Lipinski definition) is 0. The summed E-state index contributed by atoms with van der Waals surface area (Å²) in [4.78, 5) is 0. The second-order valence-corrected chi connectivity index (χ2v) is 7.31. The SMILES string of the molecule is C=c1c2ccc3c(c2c2ccccn12)=[N+](CC(C)C)c1ccccc1-3. The van der Waals surface area contributed by atoms with E-state index in [9.17, 15) is 0 Å². The molecule has 0 radical (unpaired) electrons. The van der Waals surface area contributed by atoms with Gasteiger partial charge in [0, 0.05) is 28.9 Å². The van der Waals surface area contributed by atoms with E-state index in [0.717, 1.165) is 11.9 Å². The van der Waals surface area contributed by atoms with Crippen LogP contribution in [-0.4, -0.2) is 10.9 Å². The van der Waals surface area contributed by atoms with E-state index in [1.165, 1.54) is 38.5 Å². The molecule has 2 nitrogen and oxygen atoms in total. The average molecular weight is 325 g/mol. The molecule has 0 aliphatic carbocycles. The lowest BCUT2D eigenvalue weighted by molar-refractivity contribution is 0.568. The van der Waals surface area contributed by atoms with Crippen LogP contribution in [0, 0.1) is 5.92 Å². The zero-order chi connectivity index (χ0) is 17.1. The highest BCUT2D eigenvalue weighted by Crippen LogP contribution is 2.33. The van der Waals surface area contributed by atoms with Crippen molar-refractivity contribution in [1.82, 2.24) is 8.98 Å². The molecule has 2 aromatic carbocycles. The van der Waals surface area contributed by atoms with Gasteiger partial charge in [0.05, 0.1) is 22.0 Å². The maximum Gasteiger partial charge on any atom is 0.223 e. The molecule has 2 aromatic heterocycles. The molecule has 4 aromatic rings. The summed E-state index contributed by atoms with van der Waals surface area (Å²) in [5.74, 6) is 0.586. The quantitative estimate of drug-likeness (QED) is 0.493. The third-order valence-corrected chi connectivity index (χ3v) is 5.20. The van der Waals surface area contributed by atoms with Crippen LogP contribution in [0.25, 0.3) is 34.0 Å². The van der Waals surface area contributed by atoms with Gasteiger partial charge in [0.2, 0.25) is 11.0 Å². The van der Waals surface area contributed by atoms with Gasteiger partial charge in [0.1, 0.15) is 0 Å². The molecule has 1 aliphatic heterocycles. The predicted octanol–water partition coefficient (Wildman–Crippen LogP) is 3.96. The van der Waals surface area contributed by atoms with Gasteiger partial charge in [-0.05, 0) is 24.3 Å². The molecular weight excluding hydrogens is 304 g/mol. The second kappa shape index (κ2) is 5.06. The molecule has 1 aliphatic rings. The molecule has 0 saturated carbocycles. The lowest BCUT2D eigenvalue weighted by Crippen LogP contribution is -2.27. The van der Waals surface area contributed by atoms with Crippen molar-refractivity contribution in [3.63, 3.8) is 0 Å². The number of aromatic nitrogens is 1. The molecular formula is C23H21N2+. The molecule has 2 heteroatoms. The lowest BCUT2D eigenvalue weighted by atomic mass is 10.0. The van der Waals surface area contributed by atoms with E-state index in [-0.39, 0.29) is 0 Å². The van der Waals surface area contributed by atoms with Crippen molar-refractivity contribution >= 4 is 28.6 Å². The number of para-hydroxylation sites is 1. The van der Waals surface area contributed by atoms with Crippen LogP contribution in [0.3, 0.4) is 0 Å². The van der Waals surface area contributed by atoms with E-state index in [1.807, 2.05) is 0 Å². The third-order valence-electron chi connectivity index (χ3n) is 5.20. The van der Waals surface area contributed by atoms with Crippen LogP contribution in [-0.2, 0) is 0 Å². The Bertz CT molecular complexity index is 1260. The van der Waals surface area contributed by atoms with Crippen molar-refractivity contribution in [2.75, 3.05) is 6.54 Å². The van der Waals surface area contributed by atoms with Crippen LogP contribution < -0.4 is 15.3 Å². The molecule has 0 saturated heterocycles. The summed E-state index contributed by atoms with van der Waals surface area (Å²) >= 11 is 0. The Labute approximate surface area is 147 Å². The largest absolute Gasteiger partial charge is 0.316 e. The van der Waals surface area contributed by atoms with Crippen molar-refractivity contribution < 1.29 is 0 Å². The Morgan fingerprint density at radius 2 is 1.76 bits per heavy atom. The van der Waals surface area contributed by atoms with Crippen LogP contribution in [0.1, 0.15) is 13.8 Å². The van der Waals surface area contributed by atoms with Crippen LogP contribution in [0.2, 0.25) is 0 Å². The van der Waals surface area contributed by atoms with Gasteiger partial charge in [-0.3, -0.25) is 0 Å². The number of rotatable bonds is 2. The highest BCUT2D eigenvalue weighted by molar-refractivity contribution is 6.01. The van der Waals surface area contributed by atoms with Crippen molar-refractivity contribution in [2.45, 2.75) is 13.8 Å². The fourth-order valence-electron chi connectivity index (χ4n) is 4.21. The number of nitrogens with zero attached hydrogens (tertiary/aromatic N) is 2. The maximum atomic E-state index is 4.34. The normalized spacial score (nSPS) is 13.0. The van der Waals surface area contributed by atoms with E-state index in [1.54, 1.807) is 0 Å². The monoisotopic (exact) mass is 325 g/mol. The van der Waals surface area contributed by atoms with Gasteiger partial charge in [-0.15, -0.1) is 0 Å². The van der Waals surface area contributed by atoms with Crippen molar-refractivity contribution in [3.8, 4) is 11.1 Å². The molecule has 0 spiro atoms. The van der Waals surface area contributed by atoms with Gasteiger partial charge in [-0.25, -0.2) is 0 Å². The van der Waals surface area contributed by atoms with E-state index >= 15 is 0 Å². The van der Waals surface area contributed by atoms with Crippen LogP contribution >= 0.6 is 0 Å². The smallest absolute Gasteiger partial charge is 0.223 e. The summed E-state index contributed by atoms with van der Waals surface area (Å²) in [6, 6.07) is 19.6. The van der Waals surface area contributed by atoms with E-state index < -0.39 is 0 Å². The number of pyridine rings is 1. The van der Waals surface area contributed by atoms with Crippen molar-refractivity contribution in [1.29, 1.82) is 0 Å². The van der Waals surface area contributed by atoms with Crippen LogP contribution in [0.15, 0.2) is 60.8 Å². The summed E-state index contributed by atoms with van der Waals surface area (Å²) in [7, 11) is 0. The Morgan fingerprint density at radius 3 is 2.60 bits per heavy atom. The molecule has 0 fully saturated rings. The zero-order valence-corrected chi connectivity index (χ0v) is 14.7. The Morgan fingerprint density at radius 1 is 0.960 bits per heavy atom. The van der Waals surface area contributed by atoms with E-state index in [4.69, 9.17) is 0 Å². The fourth-order valence-corrected chi connectivity index (χ4v) is 4.21. The standard InChI is InChI=1S/C23H21N2/c1-15(2)14-25-20-9-5-4-8-18(20)19-12-11-17-16(3)24-13-7-6-10-21(24)22(17)23(19)25/h4-13,15H,3,14H2,1-2H3/q+1. The zero-order valence-electron chi connectivity index (χ0n) is 14.7. The first-order chi connectivity index (χ1) is 12.2. The summed E-state index contributed by atoms with van der Waals surface area (Å²) < 4.78 is 4.71. The van der Waals surface area contributed by atoms with Crippen molar-refractivity contribution in [2.24, 2.45) is 5.92 Å². The van der Waals surface area contributed by atoms with E-state index in [0.29, 0.717) is 5.92 Å². The molecule has 0 amide bonds. The molecule has 0 atom stereocenters. The summed E-state index contributed by atoms with van der Waals surface area (Å²) in [6.45, 7) is 9.92. The highest BCUT2D eigenvalue weighted by Gasteiger charge is 2.30. The summed E-state index contributed by atoms with van der Waals surface area (Å²) in [6.07, 6.45) is 2.11. The van der Waals surface area contributed by atoms with Crippen molar-refractivity contribution in [3.05, 3.63) is 71.5 Å². The second-order valence-electron chi connectivity index (χ2n) is 7.31. The number of benzene rings is 2. The number of fused-ring (bicyclic) bond motifs is 7. The Hall–Kier alpha value is -2.87. The minimum atomic E-state index is 0.586. The average Bonchev–Trinajstić information content (AvgIpc) is 3.09. The first kappa shape index (κ1) is 14.5. The predicted molar refractivity (Wildman–Crippen MR) is 106 cm³/mol. The minimum absolute atomic E-state index is 0.586. The van der Waals surface area contributed by atoms with Gasteiger partial charge < -0.3 is 4.40 Å². The maximum absolute atomic E-state index is 4.34. The van der Waals surface area contributed by atoms with Gasteiger partial charge in [0.15, 0.2) is 6.54 Å². The fraction of sp³-hybridized carbons (Fsp3) is 0.174. The van der Waals surface area contributed by atoms with Crippen LogP contribution in [0.5, 0.6) is 0 Å². The molecule has 0 N–H and O–H groups in total. The first-order valence-electron chi connectivity index (χ1n) is 8.91. The highest BCUT2D eigenvalue weighted by atomic mass is 15.0. The summed E-state index contributed by atoms with van der Waals surface area (Å²) in [5.41, 5.74) is 5.22. The first-order valence-corrected chi connectivity index (χ1v) is 8.91. The molecule has 3 heterocycles. The van der Waals surface area contributed by atoms with E-state index in [2.05, 4.69) is 90.2 Å². The molecule has 122 valence electrons. The number of hydrogen-bond acceptors (Lipinski definition) is 0. The summed E-state index contributed by atoms with van der Waals surface area (Å²) in [5, 5.41) is 4.96. The molecule has 25 heavy (non-hydrogen) atoms. The van der Waals surface area contributed by atoms with Crippen LogP contribution in [0.4, 0.5) is 5.69 Å². The van der Waals surface area contributed by atoms with Gasteiger partial charge in [-0.1, -0.05) is 44.7 Å². The third kappa shape index (κ3) is 1.88. The molecule has 5 rings (SSSR count). The lowest BCUT2D eigenvalue weighted by Gasteiger charge is -2.03. The van der Waals surface area contributed by atoms with Gasteiger partial charge in [-0.2, -0.15) is 4.58 Å². The minimum Gasteiger partial charge on any atom is -0.316 e. The Kier molecular flexibility index (Phi) is 2.93. The topological polar surface area (TPSA) is 7.42 Å². The molecule has 0 bridgehead atoms. The molecule has 0 unspecified atom stereocenters.